The lowest BCUT2D eigenvalue weighted by molar-refractivity contribution is -0.139. The van der Waals surface area contributed by atoms with E-state index >= 15 is 0 Å². The molecule has 1 atom stereocenters. The van der Waals surface area contributed by atoms with E-state index in [1.54, 1.807) is 18.5 Å². The Morgan fingerprint density at radius 2 is 1.85 bits per heavy atom. The molecule has 0 saturated carbocycles. The summed E-state index contributed by atoms with van der Waals surface area (Å²) in [6.45, 7) is 1.48. The number of piperidine rings is 1. The third kappa shape index (κ3) is 4.15. The van der Waals surface area contributed by atoms with Gasteiger partial charge in [-0.25, -0.2) is 9.97 Å². The fourth-order valence-corrected chi connectivity index (χ4v) is 6.11. The minimum atomic E-state index is -0.164. The number of rotatable bonds is 4. The monoisotopic (exact) mass is 387 g/mol. The van der Waals surface area contributed by atoms with Crippen LogP contribution in [0.1, 0.15) is 23.0 Å². The van der Waals surface area contributed by atoms with Gasteiger partial charge in [0, 0.05) is 37.0 Å². The summed E-state index contributed by atoms with van der Waals surface area (Å²) in [6.07, 6.45) is 5.24. The number of esters is 1. The molecule has 7 heteroatoms. The number of thioether (sulfide) groups is 2. The van der Waals surface area contributed by atoms with Crippen molar-refractivity contribution >= 4 is 35.4 Å². The molecule has 1 unspecified atom stereocenters. The lowest BCUT2D eigenvalue weighted by atomic mass is 9.98. The first-order valence-electron chi connectivity index (χ1n) is 8.86. The van der Waals surface area contributed by atoms with E-state index in [0.29, 0.717) is 22.8 Å². The average Bonchev–Trinajstić information content (AvgIpc) is 3.24. The molecule has 0 spiro atoms. The molecule has 0 bridgehead atoms. The highest BCUT2D eigenvalue weighted by Crippen LogP contribution is 2.45. The number of ether oxygens (including phenoxy) is 1. The molecule has 2 aliphatic rings. The van der Waals surface area contributed by atoms with Crippen LogP contribution < -0.4 is 9.64 Å². The van der Waals surface area contributed by atoms with Crippen molar-refractivity contribution < 1.29 is 9.53 Å². The van der Waals surface area contributed by atoms with Gasteiger partial charge in [0.1, 0.15) is 5.75 Å². The molecular weight excluding hydrogens is 366 g/mol. The van der Waals surface area contributed by atoms with Crippen molar-refractivity contribution in [1.82, 2.24) is 9.97 Å². The van der Waals surface area contributed by atoms with Crippen LogP contribution in [0.5, 0.6) is 5.75 Å². The van der Waals surface area contributed by atoms with Crippen molar-refractivity contribution in [2.75, 3.05) is 29.5 Å². The van der Waals surface area contributed by atoms with Crippen LogP contribution in [0.25, 0.3) is 0 Å². The fourth-order valence-electron chi connectivity index (χ4n) is 3.25. The summed E-state index contributed by atoms with van der Waals surface area (Å²) >= 11 is 3.95. The molecule has 0 aliphatic carbocycles. The van der Waals surface area contributed by atoms with Crippen LogP contribution in [-0.2, 0) is 4.79 Å². The molecular formula is C19H21N3O2S2. The van der Waals surface area contributed by atoms with E-state index in [0.717, 1.165) is 19.4 Å². The molecule has 1 aromatic heterocycles. The van der Waals surface area contributed by atoms with Crippen molar-refractivity contribution in [2.45, 2.75) is 17.4 Å². The first kappa shape index (κ1) is 17.7. The fraction of sp³-hybridized carbons (Fsp3) is 0.421. The maximum absolute atomic E-state index is 12.6. The SMILES string of the molecule is O=C(Oc1ccc(C2SCCS2)cc1)C1CCCN(c2ncccn2)C1. The van der Waals surface area contributed by atoms with Crippen molar-refractivity contribution in [1.29, 1.82) is 0 Å². The molecule has 0 radical (unpaired) electrons. The first-order valence-corrected chi connectivity index (χ1v) is 11.0. The maximum atomic E-state index is 12.6. The summed E-state index contributed by atoms with van der Waals surface area (Å²) in [4.78, 5) is 23.2. The zero-order chi connectivity index (χ0) is 17.8. The van der Waals surface area contributed by atoms with E-state index in [1.807, 2.05) is 35.7 Å². The summed E-state index contributed by atoms with van der Waals surface area (Å²) in [5.74, 6) is 3.40. The van der Waals surface area contributed by atoms with Crippen molar-refractivity contribution in [3.05, 3.63) is 48.3 Å². The topological polar surface area (TPSA) is 55.3 Å². The second kappa shape index (κ2) is 8.31. The molecule has 2 saturated heterocycles. The van der Waals surface area contributed by atoms with Crippen LogP contribution >= 0.6 is 23.5 Å². The van der Waals surface area contributed by atoms with Gasteiger partial charge in [0.15, 0.2) is 0 Å². The van der Waals surface area contributed by atoms with E-state index in [-0.39, 0.29) is 11.9 Å². The van der Waals surface area contributed by atoms with Crippen molar-refractivity contribution in [3.8, 4) is 5.75 Å². The summed E-state index contributed by atoms with van der Waals surface area (Å²) < 4.78 is 6.15. The highest BCUT2D eigenvalue weighted by Gasteiger charge is 2.28. The molecule has 26 heavy (non-hydrogen) atoms. The number of hydrogen-bond acceptors (Lipinski definition) is 7. The van der Waals surface area contributed by atoms with E-state index in [2.05, 4.69) is 27.0 Å². The van der Waals surface area contributed by atoms with E-state index in [1.165, 1.54) is 17.1 Å². The Balaban J connectivity index is 1.36. The van der Waals surface area contributed by atoms with E-state index in [4.69, 9.17) is 4.74 Å². The van der Waals surface area contributed by atoms with E-state index in [9.17, 15) is 4.79 Å². The summed E-state index contributed by atoms with van der Waals surface area (Å²) in [7, 11) is 0. The molecule has 1 aromatic carbocycles. The van der Waals surface area contributed by atoms with Gasteiger partial charge in [-0.2, -0.15) is 0 Å². The highest BCUT2D eigenvalue weighted by molar-refractivity contribution is 8.19. The second-order valence-corrected chi connectivity index (χ2v) is 9.12. The van der Waals surface area contributed by atoms with Gasteiger partial charge in [0.2, 0.25) is 5.95 Å². The first-order chi connectivity index (χ1) is 12.8. The highest BCUT2D eigenvalue weighted by atomic mass is 32.2. The quantitative estimate of drug-likeness (QED) is 0.584. The number of benzene rings is 1. The zero-order valence-corrected chi connectivity index (χ0v) is 16.0. The van der Waals surface area contributed by atoms with Gasteiger partial charge in [-0.1, -0.05) is 12.1 Å². The Kier molecular flexibility index (Phi) is 5.65. The van der Waals surface area contributed by atoms with Gasteiger partial charge < -0.3 is 9.64 Å². The smallest absolute Gasteiger partial charge is 0.316 e. The number of aromatic nitrogens is 2. The summed E-state index contributed by atoms with van der Waals surface area (Å²) in [5.41, 5.74) is 1.29. The average molecular weight is 388 g/mol. The Bertz CT molecular complexity index is 736. The van der Waals surface area contributed by atoms with Crippen LogP contribution in [0, 0.1) is 5.92 Å². The molecule has 2 aromatic rings. The van der Waals surface area contributed by atoms with Crippen molar-refractivity contribution in [3.63, 3.8) is 0 Å². The molecule has 3 heterocycles. The van der Waals surface area contributed by atoms with Gasteiger partial charge in [0.05, 0.1) is 10.5 Å². The number of carbonyl (C=O) groups is 1. The Morgan fingerprint density at radius 3 is 2.58 bits per heavy atom. The number of carbonyl (C=O) groups excluding carboxylic acids is 1. The van der Waals surface area contributed by atoms with Gasteiger partial charge in [-0.15, -0.1) is 23.5 Å². The number of anilines is 1. The lowest BCUT2D eigenvalue weighted by Crippen LogP contribution is -2.41. The van der Waals surface area contributed by atoms with Crippen molar-refractivity contribution in [2.24, 2.45) is 5.92 Å². The predicted molar refractivity (Wildman–Crippen MR) is 107 cm³/mol. The third-order valence-electron chi connectivity index (χ3n) is 4.58. The minimum Gasteiger partial charge on any atom is -0.426 e. The number of nitrogens with zero attached hydrogens (tertiary/aromatic N) is 3. The molecule has 5 nitrogen and oxygen atoms in total. The molecule has 0 amide bonds. The van der Waals surface area contributed by atoms with E-state index < -0.39 is 0 Å². The van der Waals surface area contributed by atoms with Crippen LogP contribution in [-0.4, -0.2) is 40.5 Å². The van der Waals surface area contributed by atoms with Crippen LogP contribution in [0.3, 0.4) is 0 Å². The van der Waals surface area contributed by atoms with Crippen LogP contribution in [0.2, 0.25) is 0 Å². The Labute approximate surface area is 161 Å². The van der Waals surface area contributed by atoms with Gasteiger partial charge in [-0.3, -0.25) is 4.79 Å². The number of hydrogen-bond donors (Lipinski definition) is 0. The Hall–Kier alpha value is -1.73. The normalized spacial score (nSPS) is 20.9. The lowest BCUT2D eigenvalue weighted by Gasteiger charge is -2.31. The standard InChI is InChI=1S/C19H21N3O2S2/c23-17(15-3-1-10-22(13-15)19-20-8-2-9-21-19)24-16-6-4-14(5-7-16)18-25-11-12-26-18/h2,4-9,15,18H,1,3,10-13H2. The second-order valence-electron chi connectivity index (χ2n) is 6.40. The summed E-state index contributed by atoms with van der Waals surface area (Å²) in [5, 5.41) is 0. The van der Waals surface area contributed by atoms with Crippen LogP contribution in [0.15, 0.2) is 42.7 Å². The van der Waals surface area contributed by atoms with Gasteiger partial charge in [0.25, 0.3) is 0 Å². The molecule has 2 aliphatic heterocycles. The third-order valence-corrected chi connectivity index (χ3v) is 7.69. The molecule has 2 fully saturated rings. The molecule has 0 N–H and O–H groups in total. The molecule has 136 valence electrons. The minimum absolute atomic E-state index is 0.145. The Morgan fingerprint density at radius 1 is 1.12 bits per heavy atom. The maximum Gasteiger partial charge on any atom is 0.316 e. The largest absolute Gasteiger partial charge is 0.426 e. The zero-order valence-electron chi connectivity index (χ0n) is 14.4. The van der Waals surface area contributed by atoms with Crippen LogP contribution in [0.4, 0.5) is 5.95 Å². The molecule has 4 rings (SSSR count). The van der Waals surface area contributed by atoms with Gasteiger partial charge >= 0.3 is 5.97 Å². The van der Waals surface area contributed by atoms with Gasteiger partial charge in [-0.05, 0) is 36.6 Å². The predicted octanol–water partition coefficient (Wildman–Crippen LogP) is 3.78. The summed E-state index contributed by atoms with van der Waals surface area (Å²) in [6, 6.07) is 9.76.